The molecular formula is C14H18N2S. The summed E-state index contributed by atoms with van der Waals surface area (Å²) in [6.45, 7) is 2.35. The zero-order valence-corrected chi connectivity index (χ0v) is 11.0. The second-order valence-electron chi connectivity index (χ2n) is 5.00. The predicted octanol–water partition coefficient (Wildman–Crippen LogP) is 4.29. The molecule has 0 spiro atoms. The first-order chi connectivity index (χ1) is 8.33. The van der Waals surface area contributed by atoms with Crippen molar-refractivity contribution in [2.24, 2.45) is 5.92 Å². The number of hydrogen-bond acceptors (Lipinski definition) is 3. The summed E-state index contributed by atoms with van der Waals surface area (Å²) in [5, 5.41) is 4.72. The van der Waals surface area contributed by atoms with Gasteiger partial charge in [-0.15, -0.1) is 0 Å². The van der Waals surface area contributed by atoms with Crippen molar-refractivity contribution in [2.75, 3.05) is 5.32 Å². The Morgan fingerprint density at radius 3 is 2.88 bits per heavy atom. The van der Waals surface area contributed by atoms with E-state index in [0.717, 1.165) is 16.6 Å². The van der Waals surface area contributed by atoms with Crippen molar-refractivity contribution >= 4 is 26.7 Å². The second kappa shape index (κ2) is 4.65. The van der Waals surface area contributed by atoms with Crippen LogP contribution in [-0.4, -0.2) is 11.0 Å². The van der Waals surface area contributed by atoms with E-state index in [4.69, 9.17) is 0 Å². The molecule has 3 heteroatoms. The number of benzene rings is 1. The van der Waals surface area contributed by atoms with Gasteiger partial charge < -0.3 is 5.32 Å². The highest BCUT2D eigenvalue weighted by molar-refractivity contribution is 7.22. The molecule has 0 amide bonds. The largest absolute Gasteiger partial charge is 0.358 e. The third-order valence-corrected chi connectivity index (χ3v) is 4.68. The Balaban J connectivity index is 1.79. The molecule has 1 saturated carbocycles. The van der Waals surface area contributed by atoms with Crippen LogP contribution >= 0.6 is 11.3 Å². The molecule has 3 rings (SSSR count). The molecule has 1 aliphatic rings. The summed E-state index contributed by atoms with van der Waals surface area (Å²) in [6.07, 6.45) is 5.38. The van der Waals surface area contributed by atoms with Crippen LogP contribution < -0.4 is 5.32 Å². The highest BCUT2D eigenvalue weighted by Gasteiger charge is 2.21. The van der Waals surface area contributed by atoms with E-state index in [0.29, 0.717) is 6.04 Å². The van der Waals surface area contributed by atoms with Crippen LogP contribution in [0.2, 0.25) is 0 Å². The molecule has 0 aliphatic heterocycles. The predicted molar refractivity (Wildman–Crippen MR) is 74.7 cm³/mol. The minimum absolute atomic E-state index is 0.615. The van der Waals surface area contributed by atoms with Crippen molar-refractivity contribution in [2.45, 2.75) is 38.6 Å². The first kappa shape index (κ1) is 11.0. The lowest BCUT2D eigenvalue weighted by molar-refractivity contribution is 0.349. The normalized spacial score (nSPS) is 25.0. The van der Waals surface area contributed by atoms with Gasteiger partial charge in [-0.1, -0.05) is 43.2 Å². The van der Waals surface area contributed by atoms with Gasteiger partial charge in [-0.3, -0.25) is 0 Å². The number of aromatic nitrogens is 1. The molecule has 1 N–H and O–H groups in total. The first-order valence-electron chi connectivity index (χ1n) is 6.45. The summed E-state index contributed by atoms with van der Waals surface area (Å²) < 4.78 is 1.28. The van der Waals surface area contributed by atoms with Crippen LogP contribution in [0.15, 0.2) is 24.3 Å². The summed E-state index contributed by atoms with van der Waals surface area (Å²) in [6, 6.07) is 8.97. The minimum Gasteiger partial charge on any atom is -0.358 e. The molecule has 1 fully saturated rings. The number of nitrogens with one attached hydrogen (secondary N) is 1. The van der Waals surface area contributed by atoms with Crippen LogP contribution in [0, 0.1) is 5.92 Å². The molecule has 0 saturated heterocycles. The van der Waals surface area contributed by atoms with E-state index in [1.165, 1.54) is 30.4 Å². The SMILES string of the molecule is CC1CCCCC1Nc1nc2ccccc2s1. The number of anilines is 1. The highest BCUT2D eigenvalue weighted by atomic mass is 32.1. The summed E-state index contributed by atoms with van der Waals surface area (Å²) in [7, 11) is 0. The number of nitrogens with zero attached hydrogens (tertiary/aromatic N) is 1. The Morgan fingerprint density at radius 1 is 1.24 bits per heavy atom. The Morgan fingerprint density at radius 2 is 2.06 bits per heavy atom. The molecule has 0 bridgehead atoms. The quantitative estimate of drug-likeness (QED) is 0.855. The third-order valence-electron chi connectivity index (χ3n) is 3.71. The van der Waals surface area contributed by atoms with Crippen molar-refractivity contribution in [3.8, 4) is 0 Å². The van der Waals surface area contributed by atoms with E-state index in [1.54, 1.807) is 11.3 Å². The van der Waals surface area contributed by atoms with Gasteiger partial charge >= 0.3 is 0 Å². The highest BCUT2D eigenvalue weighted by Crippen LogP contribution is 2.30. The fraction of sp³-hybridized carbons (Fsp3) is 0.500. The summed E-state index contributed by atoms with van der Waals surface area (Å²) >= 11 is 1.77. The maximum atomic E-state index is 4.65. The minimum atomic E-state index is 0.615. The lowest BCUT2D eigenvalue weighted by Crippen LogP contribution is -2.30. The van der Waals surface area contributed by atoms with E-state index < -0.39 is 0 Å². The standard InChI is InChI=1S/C14H18N2S/c1-10-6-2-3-7-11(10)15-14-16-12-8-4-5-9-13(12)17-14/h4-5,8-11H,2-3,6-7H2,1H3,(H,15,16). The maximum absolute atomic E-state index is 4.65. The monoisotopic (exact) mass is 246 g/mol. The average Bonchev–Trinajstić information content (AvgIpc) is 2.74. The van der Waals surface area contributed by atoms with Crippen LogP contribution in [0.4, 0.5) is 5.13 Å². The number of rotatable bonds is 2. The van der Waals surface area contributed by atoms with Crippen LogP contribution in [0.25, 0.3) is 10.2 Å². The lowest BCUT2D eigenvalue weighted by atomic mass is 9.86. The molecule has 17 heavy (non-hydrogen) atoms. The van der Waals surface area contributed by atoms with E-state index in [9.17, 15) is 0 Å². The van der Waals surface area contributed by atoms with Crippen LogP contribution in [-0.2, 0) is 0 Å². The van der Waals surface area contributed by atoms with Gasteiger partial charge in [-0.2, -0.15) is 0 Å². The van der Waals surface area contributed by atoms with Gasteiger partial charge in [0.2, 0.25) is 0 Å². The van der Waals surface area contributed by atoms with Crippen LogP contribution in [0.5, 0.6) is 0 Å². The topological polar surface area (TPSA) is 24.9 Å². The van der Waals surface area contributed by atoms with Crippen LogP contribution in [0.1, 0.15) is 32.6 Å². The Labute approximate surface area is 106 Å². The van der Waals surface area contributed by atoms with Crippen molar-refractivity contribution < 1.29 is 0 Å². The van der Waals surface area contributed by atoms with Gasteiger partial charge in [0.15, 0.2) is 5.13 Å². The molecule has 90 valence electrons. The Hall–Kier alpha value is -1.09. The lowest BCUT2D eigenvalue weighted by Gasteiger charge is -2.29. The number of hydrogen-bond donors (Lipinski definition) is 1. The van der Waals surface area contributed by atoms with Crippen molar-refractivity contribution in [3.63, 3.8) is 0 Å². The Bertz CT molecular complexity index is 473. The van der Waals surface area contributed by atoms with E-state index in [1.807, 2.05) is 0 Å². The van der Waals surface area contributed by atoms with E-state index in [2.05, 4.69) is 41.5 Å². The number of fused-ring (bicyclic) bond motifs is 1. The summed E-state index contributed by atoms with van der Waals surface area (Å²) in [4.78, 5) is 4.65. The molecular weight excluding hydrogens is 228 g/mol. The van der Waals surface area contributed by atoms with Crippen molar-refractivity contribution in [1.29, 1.82) is 0 Å². The van der Waals surface area contributed by atoms with Gasteiger partial charge in [-0.25, -0.2) is 4.98 Å². The van der Waals surface area contributed by atoms with Gasteiger partial charge in [0, 0.05) is 6.04 Å². The van der Waals surface area contributed by atoms with Gasteiger partial charge in [0.25, 0.3) is 0 Å². The van der Waals surface area contributed by atoms with Gasteiger partial charge in [0.1, 0.15) is 0 Å². The molecule has 1 heterocycles. The molecule has 2 aromatic rings. The molecule has 2 nitrogen and oxygen atoms in total. The van der Waals surface area contributed by atoms with E-state index >= 15 is 0 Å². The molecule has 1 aromatic heterocycles. The molecule has 1 aliphatic carbocycles. The smallest absolute Gasteiger partial charge is 0.184 e. The second-order valence-corrected chi connectivity index (χ2v) is 6.03. The fourth-order valence-electron chi connectivity index (χ4n) is 2.62. The van der Waals surface area contributed by atoms with Crippen LogP contribution in [0.3, 0.4) is 0 Å². The molecule has 2 atom stereocenters. The third kappa shape index (κ3) is 2.29. The zero-order chi connectivity index (χ0) is 11.7. The number of thiazole rings is 1. The van der Waals surface area contributed by atoms with E-state index in [-0.39, 0.29) is 0 Å². The van der Waals surface area contributed by atoms with Gasteiger partial charge in [-0.05, 0) is 30.9 Å². The average molecular weight is 246 g/mol. The fourth-order valence-corrected chi connectivity index (χ4v) is 3.55. The molecule has 2 unspecified atom stereocenters. The molecule has 0 radical (unpaired) electrons. The number of para-hydroxylation sites is 1. The summed E-state index contributed by atoms with van der Waals surface area (Å²) in [5.41, 5.74) is 1.11. The molecule has 1 aromatic carbocycles. The zero-order valence-electron chi connectivity index (χ0n) is 10.1. The van der Waals surface area contributed by atoms with Crippen molar-refractivity contribution in [1.82, 2.24) is 4.98 Å². The van der Waals surface area contributed by atoms with Gasteiger partial charge in [0.05, 0.1) is 10.2 Å². The summed E-state index contributed by atoms with van der Waals surface area (Å²) in [5.74, 6) is 0.774. The van der Waals surface area contributed by atoms with Crippen molar-refractivity contribution in [3.05, 3.63) is 24.3 Å². The first-order valence-corrected chi connectivity index (χ1v) is 7.27. The maximum Gasteiger partial charge on any atom is 0.184 e. The Kier molecular flexibility index (Phi) is 3.02.